The third kappa shape index (κ3) is 4.21. The minimum atomic E-state index is -1.13. The van der Waals surface area contributed by atoms with Crippen molar-refractivity contribution < 1.29 is 19.1 Å². The molecule has 2 heterocycles. The van der Waals surface area contributed by atoms with Gasteiger partial charge in [0.1, 0.15) is 11.2 Å². The Balaban J connectivity index is 1.59. The minimum Gasteiger partial charge on any atom is -0.493 e. The molecule has 3 aromatic rings. The fourth-order valence-corrected chi connectivity index (χ4v) is 5.76. The number of para-hydroxylation sites is 1. The van der Waals surface area contributed by atoms with Crippen LogP contribution < -0.4 is 19.7 Å². The number of carbonyl (C=O) groups excluding carboxylic acids is 2. The Hall–Kier alpha value is -3.48. The number of methoxy groups -OCH3 is 2. The molecule has 1 saturated carbocycles. The lowest BCUT2D eigenvalue weighted by Gasteiger charge is -2.44. The molecule has 1 aliphatic heterocycles. The molecule has 0 radical (unpaired) electrons. The summed E-state index contributed by atoms with van der Waals surface area (Å²) in [7, 11) is 3.15. The van der Waals surface area contributed by atoms with Crippen LogP contribution in [0.3, 0.4) is 0 Å². The summed E-state index contributed by atoms with van der Waals surface area (Å²) in [6.07, 6.45) is 7.87. The van der Waals surface area contributed by atoms with E-state index in [0.717, 1.165) is 36.6 Å². The maximum Gasteiger partial charge on any atom is 0.275 e. The summed E-state index contributed by atoms with van der Waals surface area (Å²) in [4.78, 5) is 29.8. The standard InChI is InChI=1S/C29H35N3O4/c1-29(28(34)30-21-12-7-5-4-6-8-13-21)19-31-23-14-10-9-11-20(23)17-24(31)27(33)32(29)22-15-16-25(35-2)26(18-22)36-3/h9-11,14-18,21H,4-8,12-13,19H2,1-3H3,(H,30,34)/t29-/m0/s1. The first kappa shape index (κ1) is 24.2. The molecule has 190 valence electrons. The van der Waals surface area contributed by atoms with Gasteiger partial charge in [0.2, 0.25) is 5.91 Å². The van der Waals surface area contributed by atoms with Gasteiger partial charge in [0.15, 0.2) is 11.5 Å². The van der Waals surface area contributed by atoms with Gasteiger partial charge in [-0.2, -0.15) is 0 Å². The van der Waals surface area contributed by atoms with E-state index in [1.165, 1.54) is 19.3 Å². The first-order valence-electron chi connectivity index (χ1n) is 12.9. The van der Waals surface area contributed by atoms with Crippen molar-refractivity contribution in [3.8, 4) is 11.5 Å². The highest BCUT2D eigenvalue weighted by Gasteiger charge is 2.49. The van der Waals surface area contributed by atoms with Crippen molar-refractivity contribution in [2.24, 2.45) is 0 Å². The van der Waals surface area contributed by atoms with Crippen molar-refractivity contribution in [1.82, 2.24) is 9.88 Å². The highest BCUT2D eigenvalue weighted by Crippen LogP contribution is 2.39. The van der Waals surface area contributed by atoms with Crippen molar-refractivity contribution in [3.05, 3.63) is 54.2 Å². The van der Waals surface area contributed by atoms with Crippen LogP contribution in [-0.2, 0) is 11.3 Å². The molecule has 0 unspecified atom stereocenters. The highest BCUT2D eigenvalue weighted by molar-refractivity contribution is 6.14. The number of hydrogen-bond donors (Lipinski definition) is 1. The summed E-state index contributed by atoms with van der Waals surface area (Å²) < 4.78 is 12.9. The molecular weight excluding hydrogens is 454 g/mol. The van der Waals surface area contributed by atoms with Gasteiger partial charge in [-0.1, -0.05) is 50.3 Å². The molecule has 36 heavy (non-hydrogen) atoms. The molecule has 7 nitrogen and oxygen atoms in total. The van der Waals surface area contributed by atoms with Crippen LogP contribution in [0.1, 0.15) is 62.4 Å². The fraction of sp³-hybridized carbons (Fsp3) is 0.448. The Bertz CT molecular complexity index is 1270. The molecule has 5 rings (SSSR count). The van der Waals surface area contributed by atoms with Crippen LogP contribution in [-0.4, -0.2) is 42.2 Å². The second-order valence-corrected chi connectivity index (χ2v) is 10.1. The molecule has 1 fully saturated rings. The zero-order valence-electron chi connectivity index (χ0n) is 21.4. The Morgan fingerprint density at radius 2 is 1.64 bits per heavy atom. The number of ether oxygens (including phenoxy) is 2. The average molecular weight is 490 g/mol. The Morgan fingerprint density at radius 1 is 0.944 bits per heavy atom. The van der Waals surface area contributed by atoms with E-state index in [-0.39, 0.29) is 17.9 Å². The predicted molar refractivity (Wildman–Crippen MR) is 141 cm³/mol. The van der Waals surface area contributed by atoms with Gasteiger partial charge >= 0.3 is 0 Å². The van der Waals surface area contributed by atoms with Crippen LogP contribution >= 0.6 is 0 Å². The van der Waals surface area contributed by atoms with Crippen molar-refractivity contribution >= 4 is 28.4 Å². The predicted octanol–water partition coefficient (Wildman–Crippen LogP) is 5.31. The van der Waals surface area contributed by atoms with Gasteiger partial charge in [-0.3, -0.25) is 14.5 Å². The van der Waals surface area contributed by atoms with Gasteiger partial charge in [-0.15, -0.1) is 0 Å². The monoisotopic (exact) mass is 489 g/mol. The molecule has 7 heteroatoms. The molecule has 1 aliphatic carbocycles. The smallest absolute Gasteiger partial charge is 0.275 e. The molecule has 1 N–H and O–H groups in total. The fourth-order valence-electron chi connectivity index (χ4n) is 5.76. The van der Waals surface area contributed by atoms with Crippen LogP contribution in [0.15, 0.2) is 48.5 Å². The summed E-state index contributed by atoms with van der Waals surface area (Å²) in [6, 6.07) is 15.3. The number of amides is 2. The number of rotatable bonds is 5. The van der Waals surface area contributed by atoms with Crippen molar-refractivity contribution in [2.45, 2.75) is 70.0 Å². The molecule has 0 saturated heterocycles. The summed E-state index contributed by atoms with van der Waals surface area (Å²) >= 11 is 0. The first-order chi connectivity index (χ1) is 17.5. The van der Waals surface area contributed by atoms with E-state index < -0.39 is 5.54 Å². The molecule has 1 atom stereocenters. The maximum absolute atomic E-state index is 14.1. The topological polar surface area (TPSA) is 72.8 Å². The molecule has 0 bridgehead atoms. The van der Waals surface area contributed by atoms with Gasteiger partial charge in [0, 0.05) is 28.7 Å². The lowest BCUT2D eigenvalue weighted by Crippen LogP contribution is -2.65. The minimum absolute atomic E-state index is 0.125. The van der Waals surface area contributed by atoms with E-state index in [4.69, 9.17) is 9.47 Å². The van der Waals surface area contributed by atoms with Gasteiger partial charge in [-0.25, -0.2) is 0 Å². The number of fused-ring (bicyclic) bond motifs is 3. The second-order valence-electron chi connectivity index (χ2n) is 10.1. The van der Waals surface area contributed by atoms with E-state index in [0.29, 0.717) is 29.4 Å². The number of benzene rings is 2. The summed E-state index contributed by atoms with van der Waals surface area (Å²) in [5, 5.41) is 4.32. The lowest BCUT2D eigenvalue weighted by molar-refractivity contribution is -0.127. The van der Waals surface area contributed by atoms with Crippen molar-refractivity contribution in [2.75, 3.05) is 19.1 Å². The molecule has 0 spiro atoms. The number of hydrogen-bond acceptors (Lipinski definition) is 4. The maximum atomic E-state index is 14.1. The van der Waals surface area contributed by atoms with E-state index in [9.17, 15) is 9.59 Å². The second kappa shape index (κ2) is 9.88. The number of aromatic nitrogens is 1. The zero-order chi connectivity index (χ0) is 25.3. The summed E-state index contributed by atoms with van der Waals surface area (Å²) in [6.45, 7) is 2.23. The SMILES string of the molecule is COc1ccc(N2C(=O)c3cc4ccccc4n3C[C@@]2(C)C(=O)NC2CCCCCCC2)cc1OC. The number of carbonyl (C=O) groups is 2. The quantitative estimate of drug-likeness (QED) is 0.527. The average Bonchev–Trinajstić information content (AvgIpc) is 3.24. The third-order valence-corrected chi connectivity index (χ3v) is 7.75. The third-order valence-electron chi connectivity index (χ3n) is 7.75. The van der Waals surface area contributed by atoms with Crippen LogP contribution in [0.4, 0.5) is 5.69 Å². The van der Waals surface area contributed by atoms with Crippen LogP contribution in [0.5, 0.6) is 11.5 Å². The van der Waals surface area contributed by atoms with E-state index >= 15 is 0 Å². The van der Waals surface area contributed by atoms with E-state index in [1.54, 1.807) is 31.3 Å². The first-order valence-corrected chi connectivity index (χ1v) is 12.9. The van der Waals surface area contributed by atoms with E-state index in [1.807, 2.05) is 47.9 Å². The van der Waals surface area contributed by atoms with Gasteiger partial charge < -0.3 is 19.4 Å². The van der Waals surface area contributed by atoms with Crippen LogP contribution in [0.25, 0.3) is 10.9 Å². The molecule has 1 aromatic heterocycles. The summed E-state index contributed by atoms with van der Waals surface area (Å²) in [5.74, 6) is 0.747. The normalized spacial score (nSPS) is 21.0. The molecule has 2 amide bonds. The Kier molecular flexibility index (Phi) is 6.65. The van der Waals surface area contributed by atoms with Crippen LogP contribution in [0, 0.1) is 0 Å². The zero-order valence-corrected chi connectivity index (χ0v) is 21.4. The van der Waals surface area contributed by atoms with E-state index in [2.05, 4.69) is 5.32 Å². The lowest BCUT2D eigenvalue weighted by atomic mass is 9.91. The number of anilines is 1. The molecule has 2 aliphatic rings. The summed E-state index contributed by atoms with van der Waals surface area (Å²) in [5.41, 5.74) is 0.998. The molecule has 2 aromatic carbocycles. The van der Waals surface area contributed by atoms with Crippen molar-refractivity contribution in [3.63, 3.8) is 0 Å². The Morgan fingerprint density at radius 3 is 2.36 bits per heavy atom. The Labute approximate surface area is 212 Å². The van der Waals surface area contributed by atoms with Crippen LogP contribution in [0.2, 0.25) is 0 Å². The molecular formula is C29H35N3O4. The van der Waals surface area contributed by atoms with Gasteiger partial charge in [-0.05, 0) is 44.0 Å². The number of nitrogens with zero attached hydrogens (tertiary/aromatic N) is 2. The van der Waals surface area contributed by atoms with Gasteiger partial charge in [0.25, 0.3) is 5.91 Å². The number of nitrogens with one attached hydrogen (secondary N) is 1. The highest BCUT2D eigenvalue weighted by atomic mass is 16.5. The largest absolute Gasteiger partial charge is 0.493 e. The van der Waals surface area contributed by atoms with Crippen molar-refractivity contribution in [1.29, 1.82) is 0 Å². The van der Waals surface area contributed by atoms with Gasteiger partial charge in [0.05, 0.1) is 20.8 Å².